The maximum Gasteiger partial charge on any atom is 0.321 e. The zero-order chi connectivity index (χ0) is 16.4. The van der Waals surface area contributed by atoms with Crippen LogP contribution in [0.3, 0.4) is 0 Å². The van der Waals surface area contributed by atoms with Crippen molar-refractivity contribution >= 4 is 28.4 Å². The minimum Gasteiger partial charge on any atom is -0.339 e. The van der Waals surface area contributed by atoms with Gasteiger partial charge >= 0.3 is 6.03 Å². The monoisotopic (exact) mass is 345 g/mol. The first kappa shape index (κ1) is 15.3. The average Bonchev–Trinajstić information content (AvgIpc) is 3.36. The van der Waals surface area contributed by atoms with E-state index in [1.54, 1.807) is 18.5 Å². The van der Waals surface area contributed by atoms with Gasteiger partial charge in [0.05, 0.1) is 0 Å². The molecule has 0 spiro atoms. The second-order valence-corrected chi connectivity index (χ2v) is 7.16. The Morgan fingerprint density at radius 3 is 2.83 bits per heavy atom. The van der Waals surface area contributed by atoms with Crippen LogP contribution in [-0.2, 0) is 0 Å². The molecule has 2 N–H and O–H groups in total. The van der Waals surface area contributed by atoms with Gasteiger partial charge in [-0.15, -0.1) is 10.2 Å². The van der Waals surface area contributed by atoms with E-state index in [0.717, 1.165) is 24.4 Å². The highest BCUT2D eigenvalue weighted by Gasteiger charge is 2.28. The van der Waals surface area contributed by atoms with Gasteiger partial charge in [0.2, 0.25) is 11.1 Å². The Balaban J connectivity index is 1.31. The van der Waals surface area contributed by atoms with Crippen LogP contribution in [0.1, 0.15) is 36.6 Å². The standard InChI is InChI=1S/C15H19N7OS/c23-14(19-15-21-20-12(24-15)10-4-5-10)18-11-3-1-8-22(9-11)13-16-6-2-7-17-13/h2,6-7,10-11H,1,3-5,8-9H2,(H2,18,19,21,23). The van der Waals surface area contributed by atoms with Crippen LogP contribution in [-0.4, -0.2) is 45.3 Å². The van der Waals surface area contributed by atoms with Crippen LogP contribution in [0.4, 0.5) is 15.9 Å². The average molecular weight is 345 g/mol. The molecular formula is C15H19N7OS. The maximum atomic E-state index is 12.2. The highest BCUT2D eigenvalue weighted by molar-refractivity contribution is 7.15. The van der Waals surface area contributed by atoms with Gasteiger partial charge in [-0.3, -0.25) is 5.32 Å². The van der Waals surface area contributed by atoms with Gasteiger partial charge in [-0.2, -0.15) is 0 Å². The van der Waals surface area contributed by atoms with Gasteiger partial charge < -0.3 is 10.2 Å². The number of urea groups is 1. The van der Waals surface area contributed by atoms with Crippen molar-refractivity contribution < 1.29 is 4.79 Å². The molecule has 1 atom stereocenters. The summed E-state index contributed by atoms with van der Waals surface area (Å²) in [7, 11) is 0. The molecule has 1 aliphatic heterocycles. The molecule has 4 rings (SSSR count). The number of carbonyl (C=O) groups is 1. The number of nitrogens with zero attached hydrogens (tertiary/aromatic N) is 5. The van der Waals surface area contributed by atoms with Crippen LogP contribution in [0.15, 0.2) is 18.5 Å². The van der Waals surface area contributed by atoms with Crippen LogP contribution in [0.2, 0.25) is 0 Å². The highest BCUT2D eigenvalue weighted by Crippen LogP contribution is 2.42. The van der Waals surface area contributed by atoms with Crippen molar-refractivity contribution in [2.75, 3.05) is 23.3 Å². The van der Waals surface area contributed by atoms with Gasteiger partial charge in [-0.05, 0) is 31.7 Å². The second-order valence-electron chi connectivity index (χ2n) is 6.15. The molecule has 1 aliphatic carbocycles. The molecule has 1 saturated carbocycles. The molecule has 2 fully saturated rings. The maximum absolute atomic E-state index is 12.2. The molecule has 8 nitrogen and oxygen atoms in total. The Bertz CT molecular complexity index is 703. The SMILES string of the molecule is O=C(Nc1nnc(C2CC2)s1)NC1CCCN(c2ncccn2)C1. The van der Waals surface area contributed by atoms with E-state index >= 15 is 0 Å². The van der Waals surface area contributed by atoms with Gasteiger partial charge in [0.25, 0.3) is 0 Å². The fraction of sp³-hybridized carbons (Fsp3) is 0.533. The van der Waals surface area contributed by atoms with Crippen molar-refractivity contribution in [3.63, 3.8) is 0 Å². The normalized spacial score (nSPS) is 20.7. The quantitative estimate of drug-likeness (QED) is 0.880. The van der Waals surface area contributed by atoms with E-state index in [9.17, 15) is 4.79 Å². The minimum absolute atomic E-state index is 0.0679. The van der Waals surface area contributed by atoms with Gasteiger partial charge in [0, 0.05) is 37.4 Å². The van der Waals surface area contributed by atoms with Crippen molar-refractivity contribution in [1.29, 1.82) is 0 Å². The number of hydrogen-bond acceptors (Lipinski definition) is 7. The van der Waals surface area contributed by atoms with Crippen molar-refractivity contribution in [3.05, 3.63) is 23.5 Å². The third kappa shape index (κ3) is 3.61. The molecule has 1 saturated heterocycles. The highest BCUT2D eigenvalue weighted by atomic mass is 32.1. The molecule has 2 amide bonds. The van der Waals surface area contributed by atoms with Crippen molar-refractivity contribution in [2.24, 2.45) is 0 Å². The van der Waals surface area contributed by atoms with Crippen LogP contribution >= 0.6 is 11.3 Å². The van der Waals surface area contributed by atoms with E-state index in [-0.39, 0.29) is 12.1 Å². The third-order valence-electron chi connectivity index (χ3n) is 4.18. The molecule has 9 heteroatoms. The minimum atomic E-state index is -0.227. The Labute approximate surface area is 143 Å². The molecule has 2 aromatic rings. The van der Waals surface area contributed by atoms with Crippen LogP contribution in [0, 0.1) is 0 Å². The van der Waals surface area contributed by atoms with E-state index in [1.807, 2.05) is 0 Å². The molecular weight excluding hydrogens is 326 g/mol. The summed E-state index contributed by atoms with van der Waals surface area (Å²) >= 11 is 1.47. The predicted octanol–water partition coefficient (Wildman–Crippen LogP) is 2.00. The summed E-state index contributed by atoms with van der Waals surface area (Å²) in [4.78, 5) is 22.8. The van der Waals surface area contributed by atoms with E-state index < -0.39 is 0 Å². The summed E-state index contributed by atoms with van der Waals surface area (Å²) in [6.45, 7) is 1.62. The Kier molecular flexibility index (Phi) is 4.24. The lowest BCUT2D eigenvalue weighted by Gasteiger charge is -2.32. The van der Waals surface area contributed by atoms with Gasteiger partial charge in [-0.25, -0.2) is 14.8 Å². The molecule has 24 heavy (non-hydrogen) atoms. The molecule has 2 aliphatic rings. The zero-order valence-electron chi connectivity index (χ0n) is 13.2. The first-order valence-electron chi connectivity index (χ1n) is 8.21. The number of nitrogens with one attached hydrogen (secondary N) is 2. The van der Waals surface area contributed by atoms with E-state index in [4.69, 9.17) is 0 Å². The number of piperidine rings is 1. The van der Waals surface area contributed by atoms with E-state index in [1.165, 1.54) is 24.2 Å². The summed E-state index contributed by atoms with van der Waals surface area (Å²) in [5.74, 6) is 1.27. The van der Waals surface area contributed by atoms with Crippen LogP contribution < -0.4 is 15.5 Å². The van der Waals surface area contributed by atoms with Crippen molar-refractivity contribution in [3.8, 4) is 0 Å². The smallest absolute Gasteiger partial charge is 0.321 e. The molecule has 0 radical (unpaired) electrons. The fourth-order valence-corrected chi connectivity index (χ4v) is 3.74. The van der Waals surface area contributed by atoms with Crippen molar-refractivity contribution in [2.45, 2.75) is 37.6 Å². The number of hydrogen-bond donors (Lipinski definition) is 2. The third-order valence-corrected chi connectivity index (χ3v) is 5.18. The summed E-state index contributed by atoms with van der Waals surface area (Å²) in [6, 6.07) is 1.64. The number of carbonyl (C=O) groups excluding carboxylic acids is 1. The lowest BCUT2D eigenvalue weighted by molar-refractivity contribution is 0.246. The molecule has 2 aromatic heterocycles. The zero-order valence-corrected chi connectivity index (χ0v) is 14.0. The molecule has 0 aromatic carbocycles. The van der Waals surface area contributed by atoms with Gasteiger partial charge in [0.1, 0.15) is 5.01 Å². The van der Waals surface area contributed by atoms with Gasteiger partial charge in [-0.1, -0.05) is 11.3 Å². The fourth-order valence-electron chi connectivity index (χ4n) is 2.83. The number of rotatable bonds is 4. The topological polar surface area (TPSA) is 95.9 Å². The summed E-state index contributed by atoms with van der Waals surface area (Å²) in [6.07, 6.45) is 7.77. The summed E-state index contributed by atoms with van der Waals surface area (Å²) in [5, 5.41) is 15.6. The first-order chi connectivity index (χ1) is 11.8. The number of aromatic nitrogens is 4. The predicted molar refractivity (Wildman–Crippen MR) is 91.3 cm³/mol. The Hall–Kier alpha value is -2.29. The van der Waals surface area contributed by atoms with Crippen LogP contribution in [0.25, 0.3) is 0 Å². The molecule has 0 bridgehead atoms. The Morgan fingerprint density at radius 1 is 1.21 bits per heavy atom. The lowest BCUT2D eigenvalue weighted by atomic mass is 10.1. The molecule has 126 valence electrons. The van der Waals surface area contributed by atoms with Gasteiger partial charge in [0.15, 0.2) is 0 Å². The number of amides is 2. The largest absolute Gasteiger partial charge is 0.339 e. The molecule has 1 unspecified atom stereocenters. The summed E-state index contributed by atoms with van der Waals surface area (Å²) < 4.78 is 0. The number of anilines is 2. The van der Waals surface area contributed by atoms with Crippen molar-refractivity contribution in [1.82, 2.24) is 25.5 Å². The Morgan fingerprint density at radius 2 is 2.04 bits per heavy atom. The first-order valence-corrected chi connectivity index (χ1v) is 9.02. The van der Waals surface area contributed by atoms with E-state index in [2.05, 4.69) is 35.7 Å². The summed E-state index contributed by atoms with van der Waals surface area (Å²) in [5.41, 5.74) is 0. The second kappa shape index (κ2) is 6.68. The van der Waals surface area contributed by atoms with E-state index in [0.29, 0.717) is 23.5 Å². The lowest BCUT2D eigenvalue weighted by Crippen LogP contribution is -2.49. The van der Waals surface area contributed by atoms with Crippen LogP contribution in [0.5, 0.6) is 0 Å². The molecule has 3 heterocycles.